The van der Waals surface area contributed by atoms with Gasteiger partial charge in [0.05, 0.1) is 10.6 Å². The van der Waals surface area contributed by atoms with Crippen LogP contribution in [0.4, 0.5) is 10.5 Å². The maximum Gasteiger partial charge on any atom is 0.344 e. The summed E-state index contributed by atoms with van der Waals surface area (Å²) < 4.78 is 28.2. The number of hydrogen-bond acceptors (Lipinski definition) is 5. The lowest BCUT2D eigenvalue weighted by atomic mass is 9.82. The van der Waals surface area contributed by atoms with Crippen molar-refractivity contribution < 1.29 is 22.8 Å². The van der Waals surface area contributed by atoms with E-state index in [4.69, 9.17) is 0 Å². The van der Waals surface area contributed by atoms with Gasteiger partial charge in [0.15, 0.2) is 0 Å². The number of nitrogens with zero attached hydrogens (tertiary/aromatic N) is 2. The smallest absolute Gasteiger partial charge is 0.322 e. The molecule has 1 heterocycles. The molecule has 1 saturated carbocycles. The van der Waals surface area contributed by atoms with Crippen LogP contribution in [0.3, 0.4) is 0 Å². The van der Waals surface area contributed by atoms with Gasteiger partial charge < -0.3 is 5.32 Å². The van der Waals surface area contributed by atoms with Crippen LogP contribution < -0.4 is 15.0 Å². The van der Waals surface area contributed by atoms with Gasteiger partial charge in [-0.3, -0.25) is 19.3 Å². The normalized spacial score (nSPS) is 17.5. The Bertz CT molecular complexity index is 1220. The highest BCUT2D eigenvalue weighted by molar-refractivity contribution is 7.92. The van der Waals surface area contributed by atoms with Crippen LogP contribution in [0.25, 0.3) is 0 Å². The molecule has 0 bridgehead atoms. The van der Waals surface area contributed by atoms with Crippen LogP contribution in [-0.2, 0) is 14.8 Å². The largest absolute Gasteiger partial charge is 0.344 e. The van der Waals surface area contributed by atoms with Crippen LogP contribution in [-0.4, -0.2) is 43.4 Å². The molecule has 0 radical (unpaired) electrons. The van der Waals surface area contributed by atoms with Gasteiger partial charge in [0.2, 0.25) is 0 Å². The van der Waals surface area contributed by atoms with E-state index in [1.54, 1.807) is 44.2 Å². The number of carbonyl (C=O) groups excluding carboxylic acids is 3. The van der Waals surface area contributed by atoms with E-state index < -0.39 is 33.4 Å². The molecule has 1 saturated heterocycles. The standard InChI is InChI=1S/C24H28N4O5S/c1-3-27(19-10-6-4-7-11-19)34(32,33)20-16-18(13-12-17(20)2)21(29)26-28-22(30)24(25-23(28)31)14-8-5-9-15-24/h4,6-7,10-13,16H,3,5,8-9,14-15H2,1-2H3,(H,25,31)(H,26,29). The summed E-state index contributed by atoms with van der Waals surface area (Å²) in [5.41, 5.74) is 2.40. The lowest BCUT2D eigenvalue weighted by Crippen LogP contribution is -2.51. The number of nitrogens with one attached hydrogen (secondary N) is 2. The molecule has 1 aliphatic carbocycles. The lowest BCUT2D eigenvalue weighted by molar-refractivity contribution is -0.134. The number of hydrogen-bond donors (Lipinski definition) is 2. The Balaban J connectivity index is 1.60. The van der Waals surface area contributed by atoms with Crippen molar-refractivity contribution >= 4 is 33.6 Å². The average Bonchev–Trinajstić information content (AvgIpc) is 3.04. The Hall–Kier alpha value is -3.40. The van der Waals surface area contributed by atoms with E-state index in [0.29, 0.717) is 29.1 Å². The second-order valence-corrected chi connectivity index (χ2v) is 10.5. The molecule has 0 aromatic heterocycles. The van der Waals surface area contributed by atoms with Gasteiger partial charge in [-0.15, -0.1) is 0 Å². The van der Waals surface area contributed by atoms with E-state index in [0.717, 1.165) is 19.3 Å². The average molecular weight is 485 g/mol. The van der Waals surface area contributed by atoms with Gasteiger partial charge in [0.25, 0.3) is 21.8 Å². The number of aryl methyl sites for hydroxylation is 1. The van der Waals surface area contributed by atoms with Crippen molar-refractivity contribution in [3.63, 3.8) is 0 Å². The fourth-order valence-electron chi connectivity index (χ4n) is 4.61. The summed E-state index contributed by atoms with van der Waals surface area (Å²) >= 11 is 0. The summed E-state index contributed by atoms with van der Waals surface area (Å²) in [5, 5.41) is 3.44. The number of imide groups is 1. The summed E-state index contributed by atoms with van der Waals surface area (Å²) in [4.78, 5) is 38.4. The number of sulfonamides is 1. The van der Waals surface area contributed by atoms with E-state index in [9.17, 15) is 22.8 Å². The highest BCUT2D eigenvalue weighted by atomic mass is 32.2. The molecule has 0 atom stereocenters. The van der Waals surface area contributed by atoms with E-state index in [-0.39, 0.29) is 17.0 Å². The van der Waals surface area contributed by atoms with Crippen LogP contribution in [0, 0.1) is 6.92 Å². The van der Waals surface area contributed by atoms with Crippen LogP contribution in [0.1, 0.15) is 54.9 Å². The molecule has 1 spiro atoms. The van der Waals surface area contributed by atoms with Gasteiger partial charge in [-0.1, -0.05) is 43.5 Å². The first-order valence-corrected chi connectivity index (χ1v) is 12.8. The number of benzene rings is 2. The summed E-state index contributed by atoms with van der Waals surface area (Å²) in [6.07, 6.45) is 3.70. The van der Waals surface area contributed by atoms with Crippen molar-refractivity contribution in [2.24, 2.45) is 0 Å². The third-order valence-corrected chi connectivity index (χ3v) is 8.48. The van der Waals surface area contributed by atoms with Crippen LogP contribution in [0.5, 0.6) is 0 Å². The zero-order valence-corrected chi connectivity index (χ0v) is 20.0. The maximum atomic E-state index is 13.5. The molecule has 10 heteroatoms. The minimum Gasteiger partial charge on any atom is -0.322 e. The van der Waals surface area contributed by atoms with Crippen molar-refractivity contribution in [1.82, 2.24) is 15.8 Å². The first-order chi connectivity index (χ1) is 16.2. The molecular weight excluding hydrogens is 456 g/mol. The number of urea groups is 1. The molecule has 2 aromatic rings. The van der Waals surface area contributed by atoms with Crippen molar-refractivity contribution in [2.45, 2.75) is 56.4 Å². The highest BCUT2D eigenvalue weighted by Crippen LogP contribution is 2.33. The molecule has 2 N–H and O–H groups in total. The molecule has 9 nitrogen and oxygen atoms in total. The number of rotatable bonds is 6. The van der Waals surface area contributed by atoms with Crippen LogP contribution in [0.15, 0.2) is 53.4 Å². The van der Waals surface area contributed by atoms with Gasteiger partial charge in [-0.05, 0) is 56.5 Å². The maximum absolute atomic E-state index is 13.5. The van der Waals surface area contributed by atoms with Crippen molar-refractivity contribution in [3.8, 4) is 0 Å². The number of para-hydroxylation sites is 1. The molecule has 2 aliphatic rings. The molecule has 4 rings (SSSR count). The quantitative estimate of drug-likeness (QED) is 0.611. The zero-order chi connectivity index (χ0) is 24.5. The number of carbonyl (C=O) groups is 3. The Labute approximate surface area is 199 Å². The molecule has 4 amide bonds. The third kappa shape index (κ3) is 4.13. The fourth-order valence-corrected chi connectivity index (χ4v) is 6.33. The minimum absolute atomic E-state index is 0.0215. The van der Waals surface area contributed by atoms with E-state index in [1.807, 2.05) is 0 Å². The Morgan fingerprint density at radius 3 is 2.41 bits per heavy atom. The van der Waals surface area contributed by atoms with Crippen LogP contribution >= 0.6 is 0 Å². The molecule has 0 unspecified atom stereocenters. The van der Waals surface area contributed by atoms with Gasteiger partial charge in [0, 0.05) is 12.1 Å². The summed E-state index contributed by atoms with van der Waals surface area (Å²) in [6.45, 7) is 3.58. The molecule has 2 fully saturated rings. The minimum atomic E-state index is -3.97. The Kier molecular flexibility index (Phi) is 6.35. The van der Waals surface area contributed by atoms with Crippen LogP contribution in [0.2, 0.25) is 0 Å². The topological polar surface area (TPSA) is 116 Å². The predicted octanol–water partition coefficient (Wildman–Crippen LogP) is 3.11. The second kappa shape index (κ2) is 9.09. The summed E-state index contributed by atoms with van der Waals surface area (Å²) in [5.74, 6) is -1.22. The van der Waals surface area contributed by atoms with E-state index >= 15 is 0 Å². The van der Waals surface area contributed by atoms with Gasteiger partial charge in [-0.25, -0.2) is 13.2 Å². The van der Waals surface area contributed by atoms with Crippen molar-refractivity contribution in [3.05, 3.63) is 59.7 Å². The molecule has 2 aromatic carbocycles. The van der Waals surface area contributed by atoms with Gasteiger partial charge in [0.1, 0.15) is 5.54 Å². The number of anilines is 1. The Morgan fingerprint density at radius 1 is 1.09 bits per heavy atom. The highest BCUT2D eigenvalue weighted by Gasteiger charge is 2.52. The Morgan fingerprint density at radius 2 is 1.76 bits per heavy atom. The number of amides is 4. The van der Waals surface area contributed by atoms with Gasteiger partial charge in [-0.2, -0.15) is 5.01 Å². The monoisotopic (exact) mass is 484 g/mol. The van der Waals surface area contributed by atoms with Crippen molar-refractivity contribution in [2.75, 3.05) is 10.8 Å². The van der Waals surface area contributed by atoms with Gasteiger partial charge >= 0.3 is 6.03 Å². The summed E-state index contributed by atoms with van der Waals surface area (Å²) in [7, 11) is -3.97. The predicted molar refractivity (Wildman–Crippen MR) is 126 cm³/mol. The zero-order valence-electron chi connectivity index (χ0n) is 19.2. The van der Waals surface area contributed by atoms with E-state index in [2.05, 4.69) is 10.7 Å². The molecule has 1 aliphatic heterocycles. The fraction of sp³-hybridized carbons (Fsp3) is 0.375. The van der Waals surface area contributed by atoms with Crippen molar-refractivity contribution in [1.29, 1.82) is 0 Å². The third-order valence-electron chi connectivity index (χ3n) is 6.43. The number of hydrazine groups is 1. The summed E-state index contributed by atoms with van der Waals surface area (Å²) in [6, 6.07) is 12.3. The lowest BCUT2D eigenvalue weighted by Gasteiger charge is -2.30. The molecule has 34 heavy (non-hydrogen) atoms. The first kappa shape index (κ1) is 23.7. The molecule has 180 valence electrons. The SMILES string of the molecule is CCN(c1ccccc1)S(=O)(=O)c1cc(C(=O)NN2C(=O)NC3(CCCCC3)C2=O)ccc1C. The first-order valence-electron chi connectivity index (χ1n) is 11.4. The molecular formula is C24H28N4O5S. The van der Waals surface area contributed by atoms with E-state index in [1.165, 1.54) is 22.5 Å². The second-order valence-electron chi connectivity index (χ2n) is 8.64.